The molecule has 0 aliphatic heterocycles. The van der Waals surface area contributed by atoms with Crippen molar-refractivity contribution in [2.75, 3.05) is 0 Å². The number of halogens is 1. The molecule has 26 heavy (non-hydrogen) atoms. The fourth-order valence-electron chi connectivity index (χ4n) is 2.75. The molecule has 0 N–H and O–H groups in total. The Labute approximate surface area is 150 Å². The summed E-state index contributed by atoms with van der Waals surface area (Å²) < 4.78 is 15.8. The Kier molecular flexibility index (Phi) is 4.23. The summed E-state index contributed by atoms with van der Waals surface area (Å²) in [5.41, 5.74) is 3.63. The zero-order chi connectivity index (χ0) is 17.9. The van der Waals surface area contributed by atoms with Crippen molar-refractivity contribution >= 4 is 0 Å². The normalized spacial score (nSPS) is 10.8. The molecule has 0 spiro atoms. The second-order valence-electron chi connectivity index (χ2n) is 5.90. The maximum atomic E-state index is 14.1. The fourth-order valence-corrected chi connectivity index (χ4v) is 2.75. The molecule has 0 aliphatic carbocycles. The molecule has 0 saturated heterocycles. The molecule has 4 aromatic rings. The third-order valence-electron chi connectivity index (χ3n) is 4.00. The van der Waals surface area contributed by atoms with Crippen molar-refractivity contribution in [1.29, 1.82) is 0 Å². The summed E-state index contributed by atoms with van der Waals surface area (Å²) in [5.74, 6) is 0.272. The summed E-state index contributed by atoms with van der Waals surface area (Å²) in [6, 6.07) is 16.1. The third kappa shape index (κ3) is 3.21. The Morgan fingerprint density at radius 2 is 1.73 bits per heavy atom. The number of hydrogen-bond acceptors (Lipinski definition) is 4. The highest BCUT2D eigenvalue weighted by Crippen LogP contribution is 2.24. The number of benzene rings is 1. The lowest BCUT2D eigenvalue weighted by Crippen LogP contribution is -2.07. The van der Waals surface area contributed by atoms with Crippen molar-refractivity contribution in [2.45, 2.75) is 13.5 Å². The van der Waals surface area contributed by atoms with Gasteiger partial charge in [0.1, 0.15) is 17.2 Å². The molecule has 5 nitrogen and oxygen atoms in total. The average Bonchev–Trinajstić information content (AvgIpc) is 3.08. The monoisotopic (exact) mass is 345 g/mol. The van der Waals surface area contributed by atoms with E-state index in [1.54, 1.807) is 35.3 Å². The van der Waals surface area contributed by atoms with Crippen LogP contribution in [0.5, 0.6) is 0 Å². The molecule has 0 saturated carbocycles. The Morgan fingerprint density at radius 3 is 2.50 bits per heavy atom. The second kappa shape index (κ2) is 6.84. The van der Waals surface area contributed by atoms with Crippen molar-refractivity contribution in [3.63, 3.8) is 0 Å². The van der Waals surface area contributed by atoms with Gasteiger partial charge in [-0.05, 0) is 37.3 Å². The minimum atomic E-state index is -0.266. The molecule has 0 fully saturated rings. The molecule has 0 amide bonds. The van der Waals surface area contributed by atoms with Crippen molar-refractivity contribution in [2.24, 2.45) is 0 Å². The molecule has 128 valence electrons. The molecule has 0 atom stereocenters. The minimum Gasteiger partial charge on any atom is -0.256 e. The van der Waals surface area contributed by atoms with Crippen LogP contribution in [0.25, 0.3) is 22.9 Å². The Balaban J connectivity index is 1.82. The van der Waals surface area contributed by atoms with Gasteiger partial charge in [-0.3, -0.25) is 9.67 Å². The van der Waals surface area contributed by atoms with E-state index in [2.05, 4.69) is 20.1 Å². The number of aromatic nitrogens is 5. The smallest absolute Gasteiger partial charge is 0.177 e. The minimum absolute atomic E-state index is 0.266. The van der Waals surface area contributed by atoms with E-state index in [1.807, 2.05) is 37.3 Å². The lowest BCUT2D eigenvalue weighted by atomic mass is 10.2. The van der Waals surface area contributed by atoms with Crippen LogP contribution >= 0.6 is 0 Å². The van der Waals surface area contributed by atoms with E-state index in [1.165, 1.54) is 6.07 Å². The van der Waals surface area contributed by atoms with E-state index in [0.717, 1.165) is 11.4 Å². The van der Waals surface area contributed by atoms with Crippen molar-refractivity contribution in [1.82, 2.24) is 24.7 Å². The van der Waals surface area contributed by atoms with Crippen molar-refractivity contribution in [3.05, 3.63) is 84.1 Å². The van der Waals surface area contributed by atoms with Gasteiger partial charge in [0, 0.05) is 23.7 Å². The van der Waals surface area contributed by atoms with Crippen LogP contribution in [0.1, 0.15) is 11.3 Å². The van der Waals surface area contributed by atoms with Gasteiger partial charge in [0.15, 0.2) is 5.82 Å². The van der Waals surface area contributed by atoms with E-state index in [-0.39, 0.29) is 12.4 Å². The number of rotatable bonds is 4. The van der Waals surface area contributed by atoms with Gasteiger partial charge in [-0.15, -0.1) is 0 Å². The fraction of sp³-hybridized carbons (Fsp3) is 0.100. The topological polar surface area (TPSA) is 56.5 Å². The molecule has 3 aromatic heterocycles. The van der Waals surface area contributed by atoms with E-state index in [0.29, 0.717) is 22.8 Å². The van der Waals surface area contributed by atoms with Crippen LogP contribution in [0.2, 0.25) is 0 Å². The lowest BCUT2D eigenvalue weighted by Gasteiger charge is -2.07. The van der Waals surface area contributed by atoms with Gasteiger partial charge in [-0.25, -0.2) is 14.4 Å². The molecular weight excluding hydrogens is 329 g/mol. The van der Waals surface area contributed by atoms with E-state index in [4.69, 9.17) is 0 Å². The van der Waals surface area contributed by atoms with Gasteiger partial charge in [0.25, 0.3) is 0 Å². The highest BCUT2D eigenvalue weighted by atomic mass is 19.1. The Morgan fingerprint density at radius 1 is 0.923 bits per heavy atom. The molecule has 0 radical (unpaired) electrons. The predicted octanol–water partition coefficient (Wildman–Crippen LogP) is 3.90. The average molecular weight is 345 g/mol. The number of hydrogen-bond donors (Lipinski definition) is 0. The number of pyridine rings is 1. The van der Waals surface area contributed by atoms with Crippen LogP contribution in [0.15, 0.2) is 67.0 Å². The van der Waals surface area contributed by atoms with E-state index in [9.17, 15) is 4.39 Å². The Bertz CT molecular complexity index is 1040. The molecule has 3 heterocycles. The van der Waals surface area contributed by atoms with Crippen LogP contribution in [-0.4, -0.2) is 24.7 Å². The standard InChI is InChI=1S/C20H16FN5/c1-14-6-4-9-17(24-14)18-12-19(20-22-10-5-11-23-20)26(25-18)13-15-7-2-3-8-16(15)21/h2-12H,13H2,1H3. The first-order chi connectivity index (χ1) is 12.7. The first-order valence-electron chi connectivity index (χ1n) is 8.23. The van der Waals surface area contributed by atoms with Gasteiger partial charge < -0.3 is 0 Å². The summed E-state index contributed by atoms with van der Waals surface area (Å²) in [6.07, 6.45) is 3.35. The van der Waals surface area contributed by atoms with Gasteiger partial charge in [0.05, 0.1) is 12.2 Å². The first-order valence-corrected chi connectivity index (χ1v) is 8.23. The van der Waals surface area contributed by atoms with Gasteiger partial charge in [0.2, 0.25) is 0 Å². The number of nitrogens with zero attached hydrogens (tertiary/aromatic N) is 5. The molecule has 0 aliphatic rings. The van der Waals surface area contributed by atoms with Crippen LogP contribution in [0, 0.1) is 12.7 Å². The van der Waals surface area contributed by atoms with Gasteiger partial charge >= 0.3 is 0 Å². The van der Waals surface area contributed by atoms with Crippen LogP contribution < -0.4 is 0 Å². The summed E-state index contributed by atoms with van der Waals surface area (Å²) in [4.78, 5) is 13.1. The summed E-state index contributed by atoms with van der Waals surface area (Å²) in [5, 5.41) is 4.64. The van der Waals surface area contributed by atoms with E-state index < -0.39 is 0 Å². The maximum Gasteiger partial charge on any atom is 0.177 e. The lowest BCUT2D eigenvalue weighted by molar-refractivity contribution is 0.587. The third-order valence-corrected chi connectivity index (χ3v) is 4.00. The Hall–Kier alpha value is -3.41. The molecular formula is C20H16FN5. The zero-order valence-electron chi connectivity index (χ0n) is 14.2. The van der Waals surface area contributed by atoms with Crippen molar-refractivity contribution in [3.8, 4) is 22.9 Å². The zero-order valence-corrected chi connectivity index (χ0v) is 14.2. The highest BCUT2D eigenvalue weighted by molar-refractivity contribution is 5.62. The van der Waals surface area contributed by atoms with E-state index >= 15 is 0 Å². The molecule has 1 aromatic carbocycles. The molecule has 4 rings (SSSR count). The summed E-state index contributed by atoms with van der Waals surface area (Å²) >= 11 is 0. The maximum absolute atomic E-state index is 14.1. The molecule has 6 heteroatoms. The first kappa shape index (κ1) is 16.1. The van der Waals surface area contributed by atoms with Gasteiger partial charge in [-0.2, -0.15) is 5.10 Å². The second-order valence-corrected chi connectivity index (χ2v) is 5.90. The summed E-state index contributed by atoms with van der Waals surface area (Å²) in [7, 11) is 0. The van der Waals surface area contributed by atoms with Crippen LogP contribution in [-0.2, 0) is 6.54 Å². The highest BCUT2D eigenvalue weighted by Gasteiger charge is 2.15. The molecule has 0 bridgehead atoms. The molecule has 0 unspecified atom stereocenters. The number of aryl methyl sites for hydroxylation is 1. The SMILES string of the molecule is Cc1cccc(-c2cc(-c3ncccn3)n(Cc3ccccc3F)n2)n1. The van der Waals surface area contributed by atoms with Crippen molar-refractivity contribution < 1.29 is 4.39 Å². The largest absolute Gasteiger partial charge is 0.256 e. The summed E-state index contributed by atoms with van der Waals surface area (Å²) in [6.45, 7) is 2.22. The van der Waals surface area contributed by atoms with Crippen LogP contribution in [0.3, 0.4) is 0 Å². The quantitative estimate of drug-likeness (QED) is 0.563. The van der Waals surface area contributed by atoms with Crippen LogP contribution in [0.4, 0.5) is 4.39 Å². The predicted molar refractivity (Wildman–Crippen MR) is 96.7 cm³/mol. The van der Waals surface area contributed by atoms with Gasteiger partial charge in [-0.1, -0.05) is 24.3 Å².